The van der Waals surface area contributed by atoms with E-state index in [0.29, 0.717) is 48.5 Å². The number of amides is 2. The Hall–Kier alpha value is -3.17. The number of hydrogen-bond acceptors (Lipinski definition) is 6. The Kier molecular flexibility index (Phi) is 8.44. The Morgan fingerprint density at radius 1 is 0.974 bits per heavy atom. The van der Waals surface area contributed by atoms with Crippen LogP contribution in [0.15, 0.2) is 76.4 Å². The molecule has 1 fully saturated rings. The number of carbonyl (C=O) groups is 2. The number of furan rings is 1. The van der Waals surface area contributed by atoms with Crippen molar-refractivity contribution in [3.63, 3.8) is 0 Å². The number of carbonyl (C=O) groups excluding carboxylic acids is 2. The van der Waals surface area contributed by atoms with Crippen LogP contribution in [-0.2, 0) is 9.53 Å². The molecule has 3 aromatic rings. The van der Waals surface area contributed by atoms with E-state index in [-0.39, 0.29) is 24.1 Å². The Morgan fingerprint density at radius 2 is 1.71 bits per heavy atom. The van der Waals surface area contributed by atoms with Crippen LogP contribution in [0.1, 0.15) is 34.1 Å². The highest BCUT2D eigenvalue weighted by Crippen LogP contribution is 2.37. The first kappa shape index (κ1) is 26.4. The van der Waals surface area contributed by atoms with Gasteiger partial charge < -0.3 is 14.1 Å². The zero-order valence-corrected chi connectivity index (χ0v) is 22.3. The van der Waals surface area contributed by atoms with E-state index in [4.69, 9.17) is 37.5 Å². The van der Waals surface area contributed by atoms with Crippen LogP contribution < -0.4 is 0 Å². The standard InChI is InChI=1S/C28H28Cl2N4O4/c29-22-8-3-1-6-20(22)24-18-25(21-7-2-4-9-23(21)30)34(31-24)27(35)19-33(28(36)26-10-5-15-38-26)12-11-32-13-16-37-17-14-32/h1-10,15,25H,11-14,16-19H2/t25-/m0/s1. The smallest absolute Gasteiger partial charge is 0.290 e. The first-order valence-electron chi connectivity index (χ1n) is 12.5. The molecule has 38 heavy (non-hydrogen) atoms. The molecular weight excluding hydrogens is 527 g/mol. The first-order chi connectivity index (χ1) is 18.5. The molecule has 0 saturated carbocycles. The van der Waals surface area contributed by atoms with Gasteiger partial charge in [0.05, 0.1) is 31.2 Å². The Morgan fingerprint density at radius 3 is 2.42 bits per heavy atom. The summed E-state index contributed by atoms with van der Waals surface area (Å²) in [6.45, 7) is 3.67. The molecule has 0 radical (unpaired) electrons. The molecule has 0 aliphatic carbocycles. The van der Waals surface area contributed by atoms with Crippen LogP contribution in [0.5, 0.6) is 0 Å². The van der Waals surface area contributed by atoms with Crippen LogP contribution >= 0.6 is 23.2 Å². The van der Waals surface area contributed by atoms with E-state index in [0.717, 1.165) is 24.2 Å². The van der Waals surface area contributed by atoms with Crippen LogP contribution in [0.2, 0.25) is 10.0 Å². The molecule has 5 rings (SSSR count). The molecular formula is C28H28Cl2N4O4. The number of nitrogens with zero attached hydrogens (tertiary/aromatic N) is 4. The number of halogens is 2. The predicted octanol–water partition coefficient (Wildman–Crippen LogP) is 4.74. The van der Waals surface area contributed by atoms with Crippen molar-refractivity contribution in [2.45, 2.75) is 12.5 Å². The highest BCUT2D eigenvalue weighted by Gasteiger charge is 2.36. The maximum Gasteiger partial charge on any atom is 0.290 e. The van der Waals surface area contributed by atoms with E-state index in [1.807, 2.05) is 36.4 Å². The largest absolute Gasteiger partial charge is 0.459 e. The van der Waals surface area contributed by atoms with E-state index in [2.05, 4.69) is 4.90 Å². The van der Waals surface area contributed by atoms with Gasteiger partial charge in [0.1, 0.15) is 6.54 Å². The summed E-state index contributed by atoms with van der Waals surface area (Å²) in [7, 11) is 0. The lowest BCUT2D eigenvalue weighted by Gasteiger charge is -2.30. The van der Waals surface area contributed by atoms with E-state index in [1.54, 1.807) is 24.3 Å². The van der Waals surface area contributed by atoms with Crippen molar-refractivity contribution in [3.05, 3.63) is 93.9 Å². The molecule has 3 heterocycles. The minimum Gasteiger partial charge on any atom is -0.459 e. The van der Waals surface area contributed by atoms with Crippen molar-refractivity contribution in [2.75, 3.05) is 45.9 Å². The number of hydrazone groups is 1. The van der Waals surface area contributed by atoms with Gasteiger partial charge in [0.15, 0.2) is 5.76 Å². The quantitative estimate of drug-likeness (QED) is 0.402. The molecule has 0 bridgehead atoms. The fourth-order valence-electron chi connectivity index (χ4n) is 4.72. The summed E-state index contributed by atoms with van der Waals surface area (Å²) in [6.07, 6.45) is 1.89. The van der Waals surface area contributed by atoms with Crippen molar-refractivity contribution in [1.82, 2.24) is 14.8 Å². The van der Waals surface area contributed by atoms with Gasteiger partial charge in [-0.25, -0.2) is 5.01 Å². The number of rotatable bonds is 8. The highest BCUT2D eigenvalue weighted by molar-refractivity contribution is 6.34. The number of hydrogen-bond donors (Lipinski definition) is 0. The normalized spacial score (nSPS) is 17.9. The molecule has 8 nitrogen and oxygen atoms in total. The van der Waals surface area contributed by atoms with Crippen molar-refractivity contribution < 1.29 is 18.7 Å². The number of morpholine rings is 1. The van der Waals surface area contributed by atoms with Gasteiger partial charge in [0.25, 0.3) is 11.8 Å². The van der Waals surface area contributed by atoms with E-state index < -0.39 is 6.04 Å². The maximum atomic E-state index is 13.8. The summed E-state index contributed by atoms with van der Waals surface area (Å²) >= 11 is 13.0. The fraction of sp³-hybridized carbons (Fsp3) is 0.321. The third-order valence-corrected chi connectivity index (χ3v) is 7.42. The topological polar surface area (TPSA) is 78.6 Å². The van der Waals surface area contributed by atoms with E-state index >= 15 is 0 Å². The predicted molar refractivity (Wildman–Crippen MR) is 146 cm³/mol. The lowest BCUT2D eigenvalue weighted by Crippen LogP contribution is -2.46. The summed E-state index contributed by atoms with van der Waals surface area (Å²) in [5, 5.41) is 7.25. The lowest BCUT2D eigenvalue weighted by molar-refractivity contribution is -0.133. The number of ether oxygens (including phenoxy) is 1. The molecule has 0 unspecified atom stereocenters. The summed E-state index contributed by atoms with van der Waals surface area (Å²) in [5.41, 5.74) is 2.23. The van der Waals surface area contributed by atoms with Crippen LogP contribution in [0.4, 0.5) is 0 Å². The van der Waals surface area contributed by atoms with Gasteiger partial charge in [0, 0.05) is 48.2 Å². The maximum absolute atomic E-state index is 13.8. The molecule has 1 saturated heterocycles. The monoisotopic (exact) mass is 554 g/mol. The molecule has 198 valence electrons. The number of benzene rings is 2. The zero-order chi connectivity index (χ0) is 26.5. The van der Waals surface area contributed by atoms with Gasteiger partial charge in [0.2, 0.25) is 0 Å². The van der Waals surface area contributed by atoms with Gasteiger partial charge >= 0.3 is 0 Å². The molecule has 2 aliphatic heterocycles. The summed E-state index contributed by atoms with van der Waals surface area (Å²) in [6, 6.07) is 17.7. The van der Waals surface area contributed by atoms with Gasteiger partial charge in [-0.2, -0.15) is 5.10 Å². The Balaban J connectivity index is 1.41. The summed E-state index contributed by atoms with van der Waals surface area (Å²) in [4.78, 5) is 30.9. The average molecular weight is 555 g/mol. The average Bonchev–Trinajstić information content (AvgIpc) is 3.63. The van der Waals surface area contributed by atoms with Crippen LogP contribution in [0.3, 0.4) is 0 Å². The molecule has 2 aliphatic rings. The molecule has 2 amide bonds. The van der Waals surface area contributed by atoms with Gasteiger partial charge in [-0.05, 0) is 29.8 Å². The third-order valence-electron chi connectivity index (χ3n) is 6.75. The minimum atomic E-state index is -0.428. The van der Waals surface area contributed by atoms with Gasteiger partial charge in [-0.1, -0.05) is 59.6 Å². The first-order valence-corrected chi connectivity index (χ1v) is 13.3. The van der Waals surface area contributed by atoms with Crippen molar-refractivity contribution >= 4 is 40.7 Å². The Labute approximate surface area is 231 Å². The lowest BCUT2D eigenvalue weighted by atomic mass is 9.98. The molecule has 0 spiro atoms. The third kappa shape index (κ3) is 5.94. The second-order valence-corrected chi connectivity index (χ2v) is 9.98. The highest BCUT2D eigenvalue weighted by atomic mass is 35.5. The molecule has 0 N–H and O–H groups in total. The second kappa shape index (κ2) is 12.1. The molecule has 1 aromatic heterocycles. The minimum absolute atomic E-state index is 0.163. The second-order valence-electron chi connectivity index (χ2n) is 9.16. The summed E-state index contributed by atoms with van der Waals surface area (Å²) < 4.78 is 10.8. The van der Waals surface area contributed by atoms with Gasteiger partial charge in [-0.3, -0.25) is 14.5 Å². The van der Waals surface area contributed by atoms with Crippen molar-refractivity contribution in [1.29, 1.82) is 0 Å². The molecule has 2 aromatic carbocycles. The summed E-state index contributed by atoms with van der Waals surface area (Å²) in [5.74, 6) is -0.483. The van der Waals surface area contributed by atoms with Crippen molar-refractivity contribution in [3.8, 4) is 0 Å². The van der Waals surface area contributed by atoms with Crippen LogP contribution in [0, 0.1) is 0 Å². The van der Waals surface area contributed by atoms with Crippen LogP contribution in [-0.4, -0.2) is 78.3 Å². The zero-order valence-electron chi connectivity index (χ0n) is 20.8. The molecule has 1 atom stereocenters. The SMILES string of the molecule is O=C(c1ccco1)N(CCN1CCOCC1)CC(=O)N1N=C(c2ccccc2Cl)C[C@H]1c1ccccc1Cl. The van der Waals surface area contributed by atoms with Crippen LogP contribution in [0.25, 0.3) is 0 Å². The van der Waals surface area contributed by atoms with E-state index in [9.17, 15) is 9.59 Å². The fourth-order valence-corrected chi connectivity index (χ4v) is 5.22. The van der Waals surface area contributed by atoms with E-state index in [1.165, 1.54) is 16.2 Å². The molecule has 10 heteroatoms. The van der Waals surface area contributed by atoms with Crippen molar-refractivity contribution in [2.24, 2.45) is 5.10 Å². The Bertz CT molecular complexity index is 1310. The van der Waals surface area contributed by atoms with Gasteiger partial charge in [-0.15, -0.1) is 0 Å².